The Morgan fingerprint density at radius 2 is 1.55 bits per heavy atom. The average Bonchev–Trinajstić information content (AvgIpc) is 2.56. The van der Waals surface area contributed by atoms with E-state index in [-0.39, 0.29) is 0 Å². The molecule has 3 rings (SSSR count). The maximum Gasteiger partial charge on any atom is 0.0849 e. The van der Waals surface area contributed by atoms with Crippen molar-refractivity contribution in [3.05, 3.63) is 84.1 Å². The summed E-state index contributed by atoms with van der Waals surface area (Å²) in [6.07, 6.45) is 0. The van der Waals surface area contributed by atoms with Crippen LogP contribution in [0.5, 0.6) is 0 Å². The number of aryl methyl sites for hydroxylation is 1. The van der Waals surface area contributed by atoms with Gasteiger partial charge in [0.2, 0.25) is 0 Å². The number of benzene rings is 2. The van der Waals surface area contributed by atoms with Crippen LogP contribution < -0.4 is 0 Å². The molecule has 0 aliphatic rings. The molecule has 2 nitrogen and oxygen atoms in total. The van der Waals surface area contributed by atoms with E-state index in [1.54, 1.807) is 0 Å². The van der Waals surface area contributed by atoms with E-state index in [1.165, 1.54) is 5.56 Å². The average molecular weight is 286 g/mol. The van der Waals surface area contributed by atoms with Crippen molar-refractivity contribution in [2.24, 2.45) is 4.99 Å². The number of aliphatic imine (C=N–C) groups is 1. The molecule has 0 bridgehead atoms. The van der Waals surface area contributed by atoms with Crippen LogP contribution in [0.2, 0.25) is 0 Å². The molecule has 0 aliphatic carbocycles. The molecular formula is C20H18N2. The fourth-order valence-electron chi connectivity index (χ4n) is 2.40. The molecule has 0 unspecified atom stereocenters. The summed E-state index contributed by atoms with van der Waals surface area (Å²) in [4.78, 5) is 9.41. The molecule has 0 atom stereocenters. The zero-order valence-corrected chi connectivity index (χ0v) is 12.8. The zero-order valence-electron chi connectivity index (χ0n) is 12.8. The Labute approximate surface area is 131 Å². The largest absolute Gasteiger partial charge is 0.252 e. The highest BCUT2D eigenvalue weighted by Crippen LogP contribution is 2.21. The summed E-state index contributed by atoms with van der Waals surface area (Å²) in [7, 11) is 0. The van der Waals surface area contributed by atoms with Crippen LogP contribution in [0, 0.1) is 6.92 Å². The van der Waals surface area contributed by atoms with Crippen molar-refractivity contribution >= 4 is 11.4 Å². The third-order valence-corrected chi connectivity index (χ3v) is 3.59. The van der Waals surface area contributed by atoms with Crippen LogP contribution in [0.4, 0.5) is 5.69 Å². The standard InChI is InChI=1S/C20H18N2/c1-15-9-6-7-12-18(15)20-14-8-13-19(22-20)16(2)21-17-10-4-3-5-11-17/h3-14H,1-2H3/b21-16+. The fourth-order valence-corrected chi connectivity index (χ4v) is 2.40. The zero-order chi connectivity index (χ0) is 15.4. The van der Waals surface area contributed by atoms with Gasteiger partial charge in [-0.1, -0.05) is 48.5 Å². The van der Waals surface area contributed by atoms with Crippen molar-refractivity contribution < 1.29 is 0 Å². The van der Waals surface area contributed by atoms with Gasteiger partial charge in [-0.2, -0.15) is 0 Å². The van der Waals surface area contributed by atoms with Crippen LogP contribution in [0.3, 0.4) is 0 Å². The Morgan fingerprint density at radius 1 is 0.818 bits per heavy atom. The van der Waals surface area contributed by atoms with Crippen LogP contribution in [0.25, 0.3) is 11.3 Å². The monoisotopic (exact) mass is 286 g/mol. The molecule has 1 aromatic heterocycles. The van der Waals surface area contributed by atoms with E-state index < -0.39 is 0 Å². The number of aromatic nitrogens is 1. The maximum atomic E-state index is 4.77. The molecule has 0 N–H and O–H groups in total. The van der Waals surface area contributed by atoms with Crippen molar-refractivity contribution in [3.63, 3.8) is 0 Å². The predicted octanol–water partition coefficient (Wildman–Crippen LogP) is 5.20. The number of nitrogens with zero attached hydrogens (tertiary/aromatic N) is 2. The van der Waals surface area contributed by atoms with Crippen LogP contribution in [-0.2, 0) is 0 Å². The Hall–Kier alpha value is -2.74. The minimum Gasteiger partial charge on any atom is -0.252 e. The van der Waals surface area contributed by atoms with Gasteiger partial charge in [0.15, 0.2) is 0 Å². The molecule has 22 heavy (non-hydrogen) atoms. The van der Waals surface area contributed by atoms with Crippen molar-refractivity contribution in [3.8, 4) is 11.3 Å². The predicted molar refractivity (Wildman–Crippen MR) is 92.7 cm³/mol. The molecule has 1 heterocycles. The molecule has 2 aromatic carbocycles. The van der Waals surface area contributed by atoms with Gasteiger partial charge < -0.3 is 0 Å². The number of pyridine rings is 1. The van der Waals surface area contributed by atoms with Crippen LogP contribution in [-0.4, -0.2) is 10.7 Å². The molecule has 108 valence electrons. The third kappa shape index (κ3) is 3.12. The molecule has 0 saturated carbocycles. The van der Waals surface area contributed by atoms with Gasteiger partial charge in [0, 0.05) is 5.56 Å². The lowest BCUT2D eigenvalue weighted by atomic mass is 10.0. The summed E-state index contributed by atoms with van der Waals surface area (Å²) in [5.41, 5.74) is 6.15. The highest BCUT2D eigenvalue weighted by molar-refractivity contribution is 5.99. The topological polar surface area (TPSA) is 25.2 Å². The summed E-state index contributed by atoms with van der Waals surface area (Å²) in [6, 6.07) is 24.3. The first-order chi connectivity index (χ1) is 10.7. The molecular weight excluding hydrogens is 268 g/mol. The van der Waals surface area contributed by atoms with Gasteiger partial charge in [0.25, 0.3) is 0 Å². The number of hydrogen-bond acceptors (Lipinski definition) is 2. The first kappa shape index (κ1) is 14.2. The second-order valence-electron chi connectivity index (χ2n) is 5.26. The van der Waals surface area contributed by atoms with Gasteiger partial charge in [-0.05, 0) is 43.7 Å². The molecule has 0 fully saturated rings. The van der Waals surface area contributed by atoms with E-state index in [1.807, 2.05) is 67.6 Å². The Balaban J connectivity index is 1.98. The highest BCUT2D eigenvalue weighted by Gasteiger charge is 2.05. The van der Waals surface area contributed by atoms with E-state index >= 15 is 0 Å². The Bertz CT molecular complexity index is 805. The first-order valence-corrected chi connectivity index (χ1v) is 7.38. The van der Waals surface area contributed by atoms with Crippen LogP contribution in [0.15, 0.2) is 77.8 Å². The Kier molecular flexibility index (Phi) is 4.10. The van der Waals surface area contributed by atoms with Gasteiger partial charge in [-0.25, -0.2) is 4.98 Å². The van der Waals surface area contributed by atoms with E-state index in [0.29, 0.717) is 0 Å². The van der Waals surface area contributed by atoms with Crippen molar-refractivity contribution in [1.82, 2.24) is 4.98 Å². The van der Waals surface area contributed by atoms with Gasteiger partial charge in [0.05, 0.1) is 22.8 Å². The van der Waals surface area contributed by atoms with Crippen LogP contribution >= 0.6 is 0 Å². The molecule has 0 amide bonds. The van der Waals surface area contributed by atoms with Gasteiger partial charge in [-0.15, -0.1) is 0 Å². The van der Waals surface area contributed by atoms with Gasteiger partial charge in [0.1, 0.15) is 0 Å². The van der Waals surface area contributed by atoms with E-state index in [4.69, 9.17) is 4.98 Å². The second-order valence-corrected chi connectivity index (χ2v) is 5.26. The fraction of sp³-hybridized carbons (Fsp3) is 0.100. The Morgan fingerprint density at radius 3 is 2.32 bits per heavy atom. The minimum atomic E-state index is 0.907. The normalized spacial score (nSPS) is 11.5. The molecule has 0 saturated heterocycles. The van der Waals surface area contributed by atoms with Crippen molar-refractivity contribution in [2.45, 2.75) is 13.8 Å². The molecule has 0 spiro atoms. The van der Waals surface area contributed by atoms with Crippen LogP contribution in [0.1, 0.15) is 18.2 Å². The maximum absolute atomic E-state index is 4.77. The smallest absolute Gasteiger partial charge is 0.0849 e. The lowest BCUT2D eigenvalue weighted by molar-refractivity contribution is 1.26. The number of hydrogen-bond donors (Lipinski definition) is 0. The van der Waals surface area contributed by atoms with E-state index in [9.17, 15) is 0 Å². The minimum absolute atomic E-state index is 0.907. The summed E-state index contributed by atoms with van der Waals surface area (Å²) >= 11 is 0. The van der Waals surface area contributed by atoms with Gasteiger partial charge >= 0.3 is 0 Å². The molecule has 3 aromatic rings. The molecule has 0 aliphatic heterocycles. The quantitative estimate of drug-likeness (QED) is 0.608. The van der Waals surface area contributed by atoms with E-state index in [2.05, 4.69) is 24.0 Å². The van der Waals surface area contributed by atoms with Crippen molar-refractivity contribution in [2.75, 3.05) is 0 Å². The second kappa shape index (κ2) is 6.35. The van der Waals surface area contributed by atoms with Crippen molar-refractivity contribution in [1.29, 1.82) is 0 Å². The van der Waals surface area contributed by atoms with Gasteiger partial charge in [-0.3, -0.25) is 4.99 Å². The lowest BCUT2D eigenvalue weighted by Gasteiger charge is -2.07. The summed E-state index contributed by atoms with van der Waals surface area (Å²) in [5.74, 6) is 0. The third-order valence-electron chi connectivity index (χ3n) is 3.59. The molecule has 2 heteroatoms. The summed E-state index contributed by atoms with van der Waals surface area (Å²) in [6.45, 7) is 4.10. The number of rotatable bonds is 3. The first-order valence-electron chi connectivity index (χ1n) is 7.38. The number of para-hydroxylation sites is 1. The SMILES string of the molecule is C/C(=N\c1ccccc1)c1cccc(-c2ccccc2C)n1. The summed E-state index contributed by atoms with van der Waals surface area (Å²) in [5, 5.41) is 0. The van der Waals surface area contributed by atoms with E-state index in [0.717, 1.165) is 28.4 Å². The summed E-state index contributed by atoms with van der Waals surface area (Å²) < 4.78 is 0. The lowest BCUT2D eigenvalue weighted by Crippen LogP contribution is -1.99. The highest BCUT2D eigenvalue weighted by atomic mass is 14.8. The molecule has 0 radical (unpaired) electrons.